The first-order valence-corrected chi connectivity index (χ1v) is 16.4. The summed E-state index contributed by atoms with van der Waals surface area (Å²) in [5, 5.41) is 10.1. The first kappa shape index (κ1) is 24.3. The zero-order valence-electron chi connectivity index (χ0n) is 23.5. The Morgan fingerprint density at radius 1 is 0.409 bits per heavy atom. The van der Waals surface area contributed by atoms with Crippen LogP contribution in [-0.2, 0) is 0 Å². The minimum Gasteiger partial charge on any atom is -0.456 e. The van der Waals surface area contributed by atoms with E-state index in [2.05, 4.69) is 144 Å². The summed E-state index contributed by atoms with van der Waals surface area (Å²) in [5.74, 6) is 0. The van der Waals surface area contributed by atoms with Gasteiger partial charge in [0.1, 0.15) is 11.2 Å². The summed E-state index contributed by atoms with van der Waals surface area (Å²) in [6.45, 7) is 0. The second kappa shape index (κ2) is 9.17. The van der Waals surface area contributed by atoms with E-state index in [9.17, 15) is 0 Å². The summed E-state index contributed by atoms with van der Waals surface area (Å²) in [7, 11) is 0. The molecule has 0 aliphatic heterocycles. The number of anilines is 3. The lowest BCUT2D eigenvalue weighted by Crippen LogP contribution is -2.09. The molecule has 0 saturated heterocycles. The summed E-state index contributed by atoms with van der Waals surface area (Å²) in [5.41, 5.74) is 5.21. The Bertz CT molecular complexity index is 2730. The molecule has 44 heavy (non-hydrogen) atoms. The Balaban J connectivity index is 1.23. The molecule has 206 valence electrons. The third-order valence-corrected chi connectivity index (χ3v) is 11.2. The summed E-state index contributed by atoms with van der Waals surface area (Å²) in [4.78, 5) is 2.36. The van der Waals surface area contributed by atoms with Gasteiger partial charge < -0.3 is 9.32 Å². The Morgan fingerprint density at radius 2 is 1.14 bits per heavy atom. The summed E-state index contributed by atoms with van der Waals surface area (Å²) in [6, 6.07) is 50.4. The van der Waals surface area contributed by atoms with Crippen LogP contribution < -0.4 is 4.90 Å². The minimum atomic E-state index is 0.909. The molecule has 0 atom stereocenters. The zero-order chi connectivity index (χ0) is 28.8. The van der Waals surface area contributed by atoms with Crippen LogP contribution in [0.2, 0.25) is 0 Å². The monoisotopic (exact) mass is 597 g/mol. The highest BCUT2D eigenvalue weighted by atomic mass is 32.1. The molecule has 0 saturated carbocycles. The van der Waals surface area contributed by atoms with Gasteiger partial charge >= 0.3 is 0 Å². The third-order valence-electron chi connectivity index (χ3n) is 8.84. The fraction of sp³-hybridized carbons (Fsp3) is 0. The number of furan rings is 1. The van der Waals surface area contributed by atoms with Crippen molar-refractivity contribution in [2.75, 3.05) is 4.90 Å². The lowest BCUT2D eigenvalue weighted by molar-refractivity contribution is 0.669. The quantitative estimate of drug-likeness (QED) is 0.201. The molecule has 0 unspecified atom stereocenters. The largest absolute Gasteiger partial charge is 0.456 e. The van der Waals surface area contributed by atoms with Gasteiger partial charge in [-0.2, -0.15) is 0 Å². The molecule has 4 heteroatoms. The predicted octanol–water partition coefficient (Wildman–Crippen LogP) is 12.9. The van der Waals surface area contributed by atoms with Gasteiger partial charge in [0.15, 0.2) is 0 Å². The highest BCUT2D eigenvalue weighted by Gasteiger charge is 2.19. The van der Waals surface area contributed by atoms with E-state index in [-0.39, 0.29) is 0 Å². The van der Waals surface area contributed by atoms with Crippen molar-refractivity contribution >= 4 is 113 Å². The van der Waals surface area contributed by atoms with Crippen molar-refractivity contribution in [2.45, 2.75) is 0 Å². The van der Waals surface area contributed by atoms with Gasteiger partial charge in [0, 0.05) is 68.2 Å². The van der Waals surface area contributed by atoms with Gasteiger partial charge in [-0.25, -0.2) is 0 Å². The number of rotatable bonds is 3. The van der Waals surface area contributed by atoms with Crippen LogP contribution in [0.5, 0.6) is 0 Å². The summed E-state index contributed by atoms with van der Waals surface area (Å²) < 4.78 is 11.7. The molecule has 3 heterocycles. The lowest BCUT2D eigenvalue weighted by atomic mass is 10.0. The lowest BCUT2D eigenvalue weighted by Gasteiger charge is -2.25. The molecule has 0 spiro atoms. The molecule has 7 aromatic carbocycles. The summed E-state index contributed by atoms with van der Waals surface area (Å²) in [6.07, 6.45) is 0. The van der Waals surface area contributed by atoms with Gasteiger partial charge in [-0.05, 0) is 77.5 Å². The molecule has 0 fully saturated rings. The van der Waals surface area contributed by atoms with Gasteiger partial charge in [0.25, 0.3) is 0 Å². The smallest absolute Gasteiger partial charge is 0.136 e. The fourth-order valence-electron chi connectivity index (χ4n) is 6.87. The molecule has 10 rings (SSSR count). The minimum absolute atomic E-state index is 0.909. The predicted molar refractivity (Wildman–Crippen MR) is 192 cm³/mol. The Morgan fingerprint density at radius 3 is 2.07 bits per heavy atom. The normalized spacial score (nSPS) is 12.1. The molecule has 0 amide bonds. The second-order valence-electron chi connectivity index (χ2n) is 11.3. The van der Waals surface area contributed by atoms with E-state index < -0.39 is 0 Å². The van der Waals surface area contributed by atoms with Gasteiger partial charge in [-0.3, -0.25) is 0 Å². The number of thiophene rings is 2. The van der Waals surface area contributed by atoms with Crippen molar-refractivity contribution in [3.8, 4) is 0 Å². The average Bonchev–Trinajstić information content (AvgIpc) is 3.76. The number of hydrogen-bond donors (Lipinski definition) is 0. The Kier molecular flexibility index (Phi) is 5.06. The van der Waals surface area contributed by atoms with Gasteiger partial charge in [-0.1, -0.05) is 72.8 Å². The van der Waals surface area contributed by atoms with E-state index in [0.29, 0.717) is 0 Å². The van der Waals surface area contributed by atoms with Crippen LogP contribution in [0.3, 0.4) is 0 Å². The SMILES string of the molecule is c1ccc(N(c2ccc3c(c2)sc2ccccc23)c2ccc3oc4ccc5c(sc6ccc7ccccc7c65)c4c3c2)cc1. The van der Waals surface area contributed by atoms with Gasteiger partial charge in [0.2, 0.25) is 0 Å². The summed E-state index contributed by atoms with van der Waals surface area (Å²) >= 11 is 3.72. The number of para-hydroxylation sites is 1. The highest BCUT2D eigenvalue weighted by Crippen LogP contribution is 2.46. The number of hydrogen-bond acceptors (Lipinski definition) is 4. The van der Waals surface area contributed by atoms with E-state index in [1.807, 2.05) is 22.7 Å². The molecule has 0 aliphatic carbocycles. The maximum Gasteiger partial charge on any atom is 0.136 e. The van der Waals surface area contributed by atoms with Crippen LogP contribution in [0.15, 0.2) is 144 Å². The standard InChI is InChI=1S/C40H23NOS2/c1-2-9-25(10-3-1)41(27-15-17-30-29-12-6-7-13-35(29)43-37(30)23-27)26-16-19-33-32(22-26)39-34(42-33)20-18-31-38-28-11-5-4-8-24(28)14-21-36(38)44-40(31)39/h1-23H. The van der Waals surface area contributed by atoms with E-state index in [0.717, 1.165) is 33.6 Å². The zero-order valence-corrected chi connectivity index (χ0v) is 25.1. The molecular weight excluding hydrogens is 575 g/mol. The highest BCUT2D eigenvalue weighted by molar-refractivity contribution is 7.27. The van der Waals surface area contributed by atoms with Crippen LogP contribution in [0.25, 0.3) is 73.1 Å². The van der Waals surface area contributed by atoms with Crippen LogP contribution in [0, 0.1) is 0 Å². The fourth-order valence-corrected chi connectivity index (χ4v) is 9.28. The van der Waals surface area contributed by atoms with Crippen LogP contribution in [0.1, 0.15) is 0 Å². The molecule has 0 bridgehead atoms. The van der Waals surface area contributed by atoms with Crippen molar-refractivity contribution in [3.63, 3.8) is 0 Å². The number of fused-ring (bicyclic) bond motifs is 12. The molecule has 0 N–H and O–H groups in total. The molecule has 3 aromatic heterocycles. The van der Waals surface area contributed by atoms with E-state index >= 15 is 0 Å². The molecule has 10 aromatic rings. The second-order valence-corrected chi connectivity index (χ2v) is 13.4. The maximum atomic E-state index is 6.47. The molecular formula is C40H23NOS2. The molecule has 0 radical (unpaired) electrons. The first-order chi connectivity index (χ1) is 21.8. The van der Waals surface area contributed by atoms with Crippen molar-refractivity contribution < 1.29 is 4.42 Å². The Hall–Kier alpha value is -5.16. The van der Waals surface area contributed by atoms with Crippen LogP contribution in [-0.4, -0.2) is 0 Å². The van der Waals surface area contributed by atoms with Crippen LogP contribution in [0.4, 0.5) is 17.1 Å². The first-order valence-electron chi connectivity index (χ1n) is 14.8. The third kappa shape index (κ3) is 3.47. The number of nitrogens with zero attached hydrogens (tertiary/aromatic N) is 1. The van der Waals surface area contributed by atoms with E-state index in [4.69, 9.17) is 4.42 Å². The maximum absolute atomic E-state index is 6.47. The van der Waals surface area contributed by atoms with Crippen molar-refractivity contribution in [1.82, 2.24) is 0 Å². The average molecular weight is 598 g/mol. The van der Waals surface area contributed by atoms with Gasteiger partial charge in [-0.15, -0.1) is 22.7 Å². The van der Waals surface area contributed by atoms with Crippen LogP contribution >= 0.6 is 22.7 Å². The molecule has 0 aliphatic rings. The number of benzene rings is 7. The topological polar surface area (TPSA) is 16.4 Å². The Labute approximate surface area is 260 Å². The van der Waals surface area contributed by atoms with E-state index in [1.165, 1.54) is 56.5 Å². The van der Waals surface area contributed by atoms with Crippen molar-refractivity contribution in [3.05, 3.63) is 140 Å². The van der Waals surface area contributed by atoms with Crippen molar-refractivity contribution in [1.29, 1.82) is 0 Å². The van der Waals surface area contributed by atoms with Gasteiger partial charge in [0.05, 0.1) is 0 Å². The van der Waals surface area contributed by atoms with Crippen molar-refractivity contribution in [2.24, 2.45) is 0 Å². The molecule has 2 nitrogen and oxygen atoms in total. The van der Waals surface area contributed by atoms with E-state index in [1.54, 1.807) is 0 Å².